The van der Waals surface area contributed by atoms with Crippen molar-refractivity contribution in [3.8, 4) is 0 Å². The SMILES string of the molecule is CCOC(=O)CN(S)C(=O)NC(=O)c1ccccc1. The van der Waals surface area contributed by atoms with Gasteiger partial charge in [0.05, 0.1) is 6.61 Å². The lowest BCUT2D eigenvalue weighted by Crippen LogP contribution is -2.40. The Morgan fingerprint density at radius 1 is 1.26 bits per heavy atom. The van der Waals surface area contributed by atoms with Gasteiger partial charge in [0.1, 0.15) is 6.54 Å². The number of nitrogens with one attached hydrogen (secondary N) is 1. The van der Waals surface area contributed by atoms with E-state index in [4.69, 9.17) is 0 Å². The minimum Gasteiger partial charge on any atom is -0.465 e. The maximum Gasteiger partial charge on any atom is 0.334 e. The lowest BCUT2D eigenvalue weighted by molar-refractivity contribution is -0.142. The average Bonchev–Trinajstić information content (AvgIpc) is 2.39. The van der Waals surface area contributed by atoms with Gasteiger partial charge in [-0.3, -0.25) is 19.2 Å². The Bertz CT molecular complexity index is 464. The summed E-state index contributed by atoms with van der Waals surface area (Å²) in [7, 11) is 0. The number of ether oxygens (including phenoxy) is 1. The Morgan fingerprint density at radius 3 is 2.47 bits per heavy atom. The Morgan fingerprint density at radius 2 is 1.89 bits per heavy atom. The molecule has 0 atom stereocenters. The maximum atomic E-state index is 11.7. The van der Waals surface area contributed by atoms with Crippen LogP contribution in [0.3, 0.4) is 0 Å². The van der Waals surface area contributed by atoms with Crippen molar-refractivity contribution in [2.24, 2.45) is 0 Å². The van der Waals surface area contributed by atoms with Crippen LogP contribution in [0, 0.1) is 0 Å². The van der Waals surface area contributed by atoms with E-state index in [-0.39, 0.29) is 13.2 Å². The average molecular weight is 282 g/mol. The Hall–Kier alpha value is -2.02. The molecule has 19 heavy (non-hydrogen) atoms. The molecule has 0 bridgehead atoms. The fraction of sp³-hybridized carbons (Fsp3) is 0.250. The number of hydrogen-bond acceptors (Lipinski definition) is 5. The van der Waals surface area contributed by atoms with Crippen LogP contribution < -0.4 is 5.32 Å². The quantitative estimate of drug-likeness (QED) is 0.643. The number of carbonyl (C=O) groups is 3. The number of rotatable bonds is 4. The molecule has 102 valence electrons. The van der Waals surface area contributed by atoms with Crippen molar-refractivity contribution < 1.29 is 19.1 Å². The van der Waals surface area contributed by atoms with Crippen LogP contribution in [0.2, 0.25) is 0 Å². The fourth-order valence-corrected chi connectivity index (χ4v) is 1.39. The maximum absolute atomic E-state index is 11.7. The van der Waals surface area contributed by atoms with Gasteiger partial charge in [0.2, 0.25) is 0 Å². The standard InChI is InChI=1S/C12H14N2O4S/c1-2-18-10(15)8-14(19)12(17)13-11(16)9-6-4-3-5-7-9/h3-7,19H,2,8H2,1H3,(H,13,16,17). The molecule has 0 heterocycles. The minimum absolute atomic E-state index is 0.213. The molecular weight excluding hydrogens is 268 g/mol. The van der Waals surface area contributed by atoms with E-state index in [1.54, 1.807) is 37.3 Å². The highest BCUT2D eigenvalue weighted by Crippen LogP contribution is 2.00. The predicted octanol–water partition coefficient (Wildman–Crippen LogP) is 1.25. The summed E-state index contributed by atoms with van der Waals surface area (Å²) in [5, 5.41) is 2.11. The molecule has 0 aliphatic heterocycles. The second kappa shape index (κ2) is 7.42. The summed E-state index contributed by atoms with van der Waals surface area (Å²) in [6.45, 7) is 1.52. The smallest absolute Gasteiger partial charge is 0.334 e. The van der Waals surface area contributed by atoms with Gasteiger partial charge in [-0.1, -0.05) is 31.0 Å². The molecule has 0 fully saturated rings. The van der Waals surface area contributed by atoms with Crippen molar-refractivity contribution in [3.63, 3.8) is 0 Å². The summed E-state index contributed by atoms with van der Waals surface area (Å²) in [6, 6.07) is 7.45. The first kappa shape index (κ1) is 15.0. The van der Waals surface area contributed by atoms with Crippen molar-refractivity contribution in [2.75, 3.05) is 13.2 Å². The molecule has 0 aliphatic carbocycles. The lowest BCUT2D eigenvalue weighted by Gasteiger charge is -2.14. The molecule has 0 aliphatic rings. The van der Waals surface area contributed by atoms with Gasteiger partial charge in [-0.15, -0.1) is 0 Å². The van der Waals surface area contributed by atoms with Crippen molar-refractivity contribution in [3.05, 3.63) is 35.9 Å². The van der Waals surface area contributed by atoms with Crippen LogP contribution in [0.1, 0.15) is 17.3 Å². The molecule has 1 aromatic rings. The van der Waals surface area contributed by atoms with Gasteiger partial charge < -0.3 is 4.74 Å². The number of amides is 3. The normalized spacial score (nSPS) is 9.58. The number of carbonyl (C=O) groups excluding carboxylic acids is 3. The van der Waals surface area contributed by atoms with Gasteiger partial charge in [0.15, 0.2) is 0 Å². The van der Waals surface area contributed by atoms with Crippen LogP contribution in [0.5, 0.6) is 0 Å². The van der Waals surface area contributed by atoms with Crippen molar-refractivity contribution in [1.29, 1.82) is 0 Å². The highest BCUT2D eigenvalue weighted by atomic mass is 32.1. The number of imide groups is 1. The van der Waals surface area contributed by atoms with Crippen molar-refractivity contribution >= 4 is 30.7 Å². The zero-order chi connectivity index (χ0) is 14.3. The van der Waals surface area contributed by atoms with E-state index in [1.165, 1.54) is 0 Å². The minimum atomic E-state index is -0.787. The summed E-state index contributed by atoms with van der Waals surface area (Å²) in [6.07, 6.45) is 0. The van der Waals surface area contributed by atoms with E-state index in [0.29, 0.717) is 5.56 Å². The van der Waals surface area contributed by atoms with Crippen LogP contribution in [-0.2, 0) is 9.53 Å². The molecule has 1 N–H and O–H groups in total. The molecule has 1 rings (SSSR count). The van der Waals surface area contributed by atoms with Crippen LogP contribution in [0.15, 0.2) is 30.3 Å². The van der Waals surface area contributed by atoms with Crippen LogP contribution in [0.4, 0.5) is 4.79 Å². The van der Waals surface area contributed by atoms with Gasteiger partial charge in [-0.2, -0.15) is 0 Å². The lowest BCUT2D eigenvalue weighted by atomic mass is 10.2. The highest BCUT2D eigenvalue weighted by molar-refractivity contribution is 7.78. The Kier molecular flexibility index (Phi) is 5.87. The molecule has 0 saturated heterocycles. The third-order valence-electron chi connectivity index (χ3n) is 2.08. The molecule has 3 amide bonds. The fourth-order valence-electron chi connectivity index (χ4n) is 1.22. The third kappa shape index (κ3) is 5.01. The Balaban J connectivity index is 2.50. The monoisotopic (exact) mass is 282 g/mol. The molecular formula is C12H14N2O4S. The number of esters is 1. The summed E-state index contributed by atoms with van der Waals surface area (Å²) >= 11 is 3.81. The zero-order valence-electron chi connectivity index (χ0n) is 10.3. The van der Waals surface area contributed by atoms with Crippen LogP contribution >= 0.6 is 12.8 Å². The molecule has 0 aromatic heterocycles. The summed E-state index contributed by atoms with van der Waals surface area (Å²) in [5.41, 5.74) is 0.341. The number of thiol groups is 1. The topological polar surface area (TPSA) is 75.7 Å². The molecule has 1 aromatic carbocycles. The molecule has 7 heteroatoms. The van der Waals surface area contributed by atoms with Gasteiger partial charge in [-0.05, 0) is 19.1 Å². The second-order valence-corrected chi connectivity index (χ2v) is 3.97. The first-order valence-corrected chi connectivity index (χ1v) is 5.97. The van der Waals surface area contributed by atoms with Gasteiger partial charge >= 0.3 is 12.0 Å². The van der Waals surface area contributed by atoms with E-state index >= 15 is 0 Å². The molecule has 6 nitrogen and oxygen atoms in total. The number of hydrogen-bond donors (Lipinski definition) is 2. The summed E-state index contributed by atoms with van der Waals surface area (Å²) in [5.74, 6) is -1.16. The van der Waals surface area contributed by atoms with E-state index in [9.17, 15) is 14.4 Å². The Labute approximate surface area is 116 Å². The van der Waals surface area contributed by atoms with E-state index in [2.05, 4.69) is 22.9 Å². The van der Waals surface area contributed by atoms with Gasteiger partial charge in [-0.25, -0.2) is 4.79 Å². The molecule has 0 spiro atoms. The molecule has 0 unspecified atom stereocenters. The van der Waals surface area contributed by atoms with Crippen LogP contribution in [-0.4, -0.2) is 35.4 Å². The zero-order valence-corrected chi connectivity index (χ0v) is 11.2. The van der Waals surface area contributed by atoms with E-state index in [0.717, 1.165) is 4.31 Å². The predicted molar refractivity (Wildman–Crippen MR) is 71.6 cm³/mol. The third-order valence-corrected chi connectivity index (χ3v) is 2.40. The van der Waals surface area contributed by atoms with Crippen molar-refractivity contribution in [2.45, 2.75) is 6.92 Å². The first-order chi connectivity index (χ1) is 9.04. The second-order valence-electron chi connectivity index (χ2n) is 3.49. The summed E-state index contributed by atoms with van der Waals surface area (Å²) in [4.78, 5) is 34.4. The van der Waals surface area contributed by atoms with Crippen LogP contribution in [0.25, 0.3) is 0 Å². The number of urea groups is 1. The highest BCUT2D eigenvalue weighted by Gasteiger charge is 2.17. The number of nitrogens with zero attached hydrogens (tertiary/aromatic N) is 1. The van der Waals surface area contributed by atoms with Gasteiger partial charge in [0, 0.05) is 5.56 Å². The number of benzene rings is 1. The van der Waals surface area contributed by atoms with Gasteiger partial charge in [0.25, 0.3) is 5.91 Å². The van der Waals surface area contributed by atoms with E-state index < -0.39 is 17.9 Å². The molecule has 0 radical (unpaired) electrons. The van der Waals surface area contributed by atoms with E-state index in [1.807, 2.05) is 0 Å². The first-order valence-electron chi connectivity index (χ1n) is 5.57. The molecule has 0 saturated carbocycles. The largest absolute Gasteiger partial charge is 0.465 e. The van der Waals surface area contributed by atoms with Crippen molar-refractivity contribution in [1.82, 2.24) is 9.62 Å². The summed E-state index contributed by atoms with van der Waals surface area (Å²) < 4.78 is 5.43.